The van der Waals surface area contributed by atoms with E-state index in [4.69, 9.17) is 16.3 Å². The fourth-order valence-electron chi connectivity index (χ4n) is 3.36. The van der Waals surface area contributed by atoms with Crippen LogP contribution in [0, 0.1) is 17.8 Å². The van der Waals surface area contributed by atoms with Gasteiger partial charge in [0.2, 0.25) is 5.91 Å². The largest absolute Gasteiger partial charge is 0.378 e. The minimum Gasteiger partial charge on any atom is -0.378 e. The molecule has 3 atom stereocenters. The summed E-state index contributed by atoms with van der Waals surface area (Å²) in [6, 6.07) is 0. The molecule has 98 valence electrons. The lowest BCUT2D eigenvalue weighted by Crippen LogP contribution is -2.30. The molecule has 1 N–H and O–H groups in total. The van der Waals surface area contributed by atoms with E-state index in [0.717, 1.165) is 18.3 Å². The molecule has 2 rings (SSSR count). The number of rotatable bonds is 7. The summed E-state index contributed by atoms with van der Waals surface area (Å²) >= 11 is 5.48. The number of amides is 1. The van der Waals surface area contributed by atoms with E-state index >= 15 is 0 Å². The van der Waals surface area contributed by atoms with Gasteiger partial charge in [0.1, 0.15) is 0 Å². The fraction of sp³-hybridized carbons (Fsp3) is 0.923. The van der Waals surface area contributed by atoms with Crippen LogP contribution in [0.2, 0.25) is 0 Å². The van der Waals surface area contributed by atoms with Crippen LogP contribution in [0.4, 0.5) is 0 Å². The monoisotopic (exact) mass is 259 g/mol. The highest BCUT2D eigenvalue weighted by Crippen LogP contribution is 2.49. The third-order valence-corrected chi connectivity index (χ3v) is 4.28. The van der Waals surface area contributed by atoms with Crippen molar-refractivity contribution >= 4 is 17.5 Å². The molecule has 0 aromatic carbocycles. The number of halogens is 1. The van der Waals surface area contributed by atoms with Gasteiger partial charge in [0, 0.05) is 18.8 Å². The number of hydrogen-bond acceptors (Lipinski definition) is 2. The maximum absolute atomic E-state index is 11.7. The van der Waals surface area contributed by atoms with Crippen molar-refractivity contribution in [2.45, 2.75) is 32.1 Å². The van der Waals surface area contributed by atoms with E-state index in [0.29, 0.717) is 31.6 Å². The smallest absolute Gasteiger partial charge is 0.220 e. The van der Waals surface area contributed by atoms with Crippen LogP contribution in [0.5, 0.6) is 0 Å². The second-order valence-corrected chi connectivity index (χ2v) is 5.67. The van der Waals surface area contributed by atoms with Crippen molar-refractivity contribution in [3.8, 4) is 0 Å². The number of nitrogens with one attached hydrogen (secondary N) is 1. The van der Waals surface area contributed by atoms with Gasteiger partial charge in [-0.2, -0.15) is 0 Å². The van der Waals surface area contributed by atoms with Crippen LogP contribution in [0.1, 0.15) is 32.1 Å². The van der Waals surface area contributed by atoms with E-state index in [1.54, 1.807) is 0 Å². The van der Waals surface area contributed by atoms with Crippen LogP contribution in [-0.4, -0.2) is 31.5 Å². The molecule has 0 aromatic rings. The Hall–Kier alpha value is -0.280. The predicted octanol–water partition coefficient (Wildman–Crippen LogP) is 2.18. The lowest BCUT2D eigenvalue weighted by Gasteiger charge is -2.20. The minimum atomic E-state index is 0.192. The molecule has 0 aliphatic heterocycles. The maximum atomic E-state index is 11.7. The summed E-state index contributed by atoms with van der Waals surface area (Å²) in [5.74, 6) is 3.11. The first-order valence-electron chi connectivity index (χ1n) is 6.70. The summed E-state index contributed by atoms with van der Waals surface area (Å²) < 4.78 is 5.21. The Morgan fingerprint density at radius 3 is 2.82 bits per heavy atom. The minimum absolute atomic E-state index is 0.192. The number of fused-ring (bicyclic) bond motifs is 2. The molecule has 2 bridgehead atoms. The topological polar surface area (TPSA) is 38.3 Å². The van der Waals surface area contributed by atoms with Crippen molar-refractivity contribution in [2.75, 3.05) is 25.6 Å². The number of carbonyl (C=O) groups is 1. The van der Waals surface area contributed by atoms with Gasteiger partial charge >= 0.3 is 0 Å². The highest BCUT2D eigenvalue weighted by atomic mass is 35.5. The van der Waals surface area contributed by atoms with Gasteiger partial charge in [-0.05, 0) is 37.0 Å². The number of carbonyl (C=O) groups excluding carboxylic acids is 1. The number of alkyl halides is 1. The molecule has 2 aliphatic rings. The SMILES string of the molecule is O=C(CC1CC2CCC1C2)NCCOCCCl. The summed E-state index contributed by atoms with van der Waals surface area (Å²) in [6.07, 6.45) is 6.12. The Kier molecular flexibility index (Phi) is 5.11. The van der Waals surface area contributed by atoms with E-state index in [2.05, 4.69) is 5.32 Å². The summed E-state index contributed by atoms with van der Waals surface area (Å²) in [4.78, 5) is 11.7. The normalized spacial score (nSPS) is 30.8. The fourth-order valence-corrected chi connectivity index (χ4v) is 3.47. The number of hydrogen-bond donors (Lipinski definition) is 1. The van der Waals surface area contributed by atoms with E-state index in [1.807, 2.05) is 0 Å². The Balaban J connectivity index is 1.55. The van der Waals surface area contributed by atoms with Gasteiger partial charge in [0.15, 0.2) is 0 Å². The standard InChI is InChI=1S/C13H22ClNO2/c14-3-5-17-6-4-15-13(16)9-12-8-10-1-2-11(12)7-10/h10-12H,1-9H2,(H,15,16). The van der Waals surface area contributed by atoms with Crippen molar-refractivity contribution in [1.82, 2.24) is 5.32 Å². The summed E-state index contributed by atoms with van der Waals surface area (Å²) in [6.45, 7) is 1.73. The molecule has 0 aromatic heterocycles. The molecule has 2 saturated carbocycles. The molecule has 17 heavy (non-hydrogen) atoms. The number of ether oxygens (including phenoxy) is 1. The van der Waals surface area contributed by atoms with Crippen molar-refractivity contribution in [2.24, 2.45) is 17.8 Å². The zero-order chi connectivity index (χ0) is 12.1. The van der Waals surface area contributed by atoms with Crippen LogP contribution < -0.4 is 5.32 Å². The summed E-state index contributed by atoms with van der Waals surface area (Å²) in [5.41, 5.74) is 0. The van der Waals surface area contributed by atoms with Gasteiger partial charge in [0.25, 0.3) is 0 Å². The molecule has 1 amide bonds. The van der Waals surface area contributed by atoms with Gasteiger partial charge in [-0.1, -0.05) is 6.42 Å². The lowest BCUT2D eigenvalue weighted by molar-refractivity contribution is -0.122. The van der Waals surface area contributed by atoms with E-state index in [9.17, 15) is 4.79 Å². The van der Waals surface area contributed by atoms with E-state index in [1.165, 1.54) is 25.7 Å². The van der Waals surface area contributed by atoms with Crippen molar-refractivity contribution < 1.29 is 9.53 Å². The molecular formula is C13H22ClNO2. The van der Waals surface area contributed by atoms with Crippen LogP contribution in [0.3, 0.4) is 0 Å². The van der Waals surface area contributed by atoms with Gasteiger partial charge in [-0.25, -0.2) is 0 Å². The zero-order valence-electron chi connectivity index (χ0n) is 10.3. The highest BCUT2D eigenvalue weighted by Gasteiger charge is 2.39. The Morgan fingerprint density at radius 1 is 1.29 bits per heavy atom. The van der Waals surface area contributed by atoms with Gasteiger partial charge in [-0.3, -0.25) is 4.79 Å². The zero-order valence-corrected chi connectivity index (χ0v) is 11.0. The molecule has 4 heteroatoms. The first-order valence-corrected chi connectivity index (χ1v) is 7.23. The molecule has 0 saturated heterocycles. The quantitative estimate of drug-likeness (QED) is 0.562. The third kappa shape index (κ3) is 3.85. The third-order valence-electron chi connectivity index (χ3n) is 4.12. The highest BCUT2D eigenvalue weighted by molar-refractivity contribution is 6.17. The molecule has 0 radical (unpaired) electrons. The molecule has 2 aliphatic carbocycles. The lowest BCUT2D eigenvalue weighted by atomic mass is 9.86. The second kappa shape index (κ2) is 6.60. The van der Waals surface area contributed by atoms with Gasteiger partial charge in [0.05, 0.1) is 13.2 Å². The van der Waals surface area contributed by atoms with Crippen molar-refractivity contribution in [3.63, 3.8) is 0 Å². The molecule has 0 spiro atoms. The molecular weight excluding hydrogens is 238 g/mol. The maximum Gasteiger partial charge on any atom is 0.220 e. The van der Waals surface area contributed by atoms with Crippen molar-refractivity contribution in [1.29, 1.82) is 0 Å². The van der Waals surface area contributed by atoms with Crippen LogP contribution >= 0.6 is 11.6 Å². The first kappa shape index (κ1) is 13.2. The predicted molar refractivity (Wildman–Crippen MR) is 68.1 cm³/mol. The second-order valence-electron chi connectivity index (χ2n) is 5.29. The average Bonchev–Trinajstić information content (AvgIpc) is 2.90. The molecule has 3 nitrogen and oxygen atoms in total. The Bertz CT molecular complexity index is 260. The molecule has 0 heterocycles. The average molecular weight is 260 g/mol. The Morgan fingerprint density at radius 2 is 2.18 bits per heavy atom. The first-order chi connectivity index (χ1) is 8.29. The Labute approximate surface area is 108 Å². The van der Waals surface area contributed by atoms with Crippen LogP contribution in [0.25, 0.3) is 0 Å². The van der Waals surface area contributed by atoms with Crippen LogP contribution in [0.15, 0.2) is 0 Å². The van der Waals surface area contributed by atoms with Crippen molar-refractivity contribution in [3.05, 3.63) is 0 Å². The van der Waals surface area contributed by atoms with Crippen LogP contribution in [-0.2, 0) is 9.53 Å². The van der Waals surface area contributed by atoms with Gasteiger partial charge < -0.3 is 10.1 Å². The summed E-state index contributed by atoms with van der Waals surface area (Å²) in [5, 5.41) is 2.92. The van der Waals surface area contributed by atoms with E-state index in [-0.39, 0.29) is 5.91 Å². The van der Waals surface area contributed by atoms with Gasteiger partial charge in [-0.15, -0.1) is 11.6 Å². The van der Waals surface area contributed by atoms with E-state index < -0.39 is 0 Å². The summed E-state index contributed by atoms with van der Waals surface area (Å²) in [7, 11) is 0. The molecule has 2 fully saturated rings. The molecule has 3 unspecified atom stereocenters.